The maximum Gasteiger partial charge on any atom is 0.264 e. The summed E-state index contributed by atoms with van der Waals surface area (Å²) in [6.45, 7) is 0. The molecule has 1 aromatic rings. The highest BCUT2D eigenvalue weighted by atomic mass is 32.2. The van der Waals surface area contributed by atoms with Crippen molar-refractivity contribution in [1.29, 1.82) is 0 Å². The van der Waals surface area contributed by atoms with Gasteiger partial charge >= 0.3 is 0 Å². The number of hydrogen-bond acceptors (Lipinski definition) is 7. The average Bonchev–Trinajstić information content (AvgIpc) is 2.59. The van der Waals surface area contributed by atoms with Crippen molar-refractivity contribution in [2.24, 2.45) is 0 Å². The summed E-state index contributed by atoms with van der Waals surface area (Å²) in [5.41, 5.74) is 0. The molecule has 0 amide bonds. The number of hydrogen-bond donors (Lipinski definition) is 1. The Morgan fingerprint density at radius 2 is 2.07 bits per heavy atom. The highest BCUT2D eigenvalue weighted by molar-refractivity contribution is 8.03. The number of aromatic nitrogens is 2. The quantitative estimate of drug-likeness (QED) is 0.483. The molecule has 0 radical (unpaired) electrons. The van der Waals surface area contributed by atoms with Crippen LogP contribution < -0.4 is 0 Å². The van der Waals surface area contributed by atoms with Gasteiger partial charge in [0, 0.05) is 5.75 Å². The predicted molar refractivity (Wildman–Crippen MR) is 63.4 cm³/mol. The van der Waals surface area contributed by atoms with E-state index in [9.17, 15) is 8.42 Å². The lowest BCUT2D eigenvalue weighted by atomic mass is 10.6. The minimum absolute atomic E-state index is 0.200. The second-order valence-electron chi connectivity index (χ2n) is 2.53. The van der Waals surface area contributed by atoms with Crippen LogP contribution >= 0.6 is 34.9 Å². The predicted octanol–water partition coefficient (Wildman–Crippen LogP) is 1.63. The lowest BCUT2D eigenvalue weighted by molar-refractivity contribution is 0.482. The molecule has 86 valence electrons. The third kappa shape index (κ3) is 5.71. The molecule has 0 spiro atoms. The van der Waals surface area contributed by atoms with Crippen LogP contribution in [0.2, 0.25) is 0 Å². The molecule has 15 heavy (non-hydrogen) atoms. The van der Waals surface area contributed by atoms with E-state index in [1.54, 1.807) is 0 Å². The first-order chi connectivity index (χ1) is 7.01. The van der Waals surface area contributed by atoms with Gasteiger partial charge in [-0.1, -0.05) is 34.9 Å². The van der Waals surface area contributed by atoms with Gasteiger partial charge in [-0.2, -0.15) is 8.42 Å². The Labute approximate surface area is 101 Å². The minimum Gasteiger partial charge on any atom is -0.286 e. The first-order valence-electron chi connectivity index (χ1n) is 3.97. The van der Waals surface area contributed by atoms with Gasteiger partial charge in [-0.15, -0.1) is 10.2 Å². The van der Waals surface area contributed by atoms with Crippen molar-refractivity contribution in [3.8, 4) is 0 Å². The van der Waals surface area contributed by atoms with Crippen LogP contribution in [0.15, 0.2) is 8.68 Å². The molecule has 0 saturated carbocycles. The molecule has 1 aromatic heterocycles. The molecule has 0 bridgehead atoms. The molecule has 1 N–H and O–H groups in total. The van der Waals surface area contributed by atoms with Crippen molar-refractivity contribution in [1.82, 2.24) is 10.2 Å². The molecule has 0 atom stereocenters. The normalized spacial score (nSPS) is 11.9. The van der Waals surface area contributed by atoms with E-state index in [1.165, 1.54) is 34.9 Å². The summed E-state index contributed by atoms with van der Waals surface area (Å²) < 4.78 is 31.0. The van der Waals surface area contributed by atoms with E-state index in [4.69, 9.17) is 4.55 Å². The Hall–Kier alpha value is 0.170. The summed E-state index contributed by atoms with van der Waals surface area (Å²) in [5, 5.41) is 7.82. The first kappa shape index (κ1) is 13.2. The van der Waals surface area contributed by atoms with Gasteiger partial charge in [0.05, 0.1) is 5.75 Å². The van der Waals surface area contributed by atoms with Crippen molar-refractivity contribution in [2.45, 2.75) is 15.1 Å². The average molecular weight is 286 g/mol. The highest BCUT2D eigenvalue weighted by Crippen LogP contribution is 2.27. The SMILES string of the molecule is CSc1nnc(SCCCS(=O)(=O)O)s1. The van der Waals surface area contributed by atoms with Gasteiger partial charge in [0.15, 0.2) is 8.68 Å². The van der Waals surface area contributed by atoms with Crippen LogP contribution in [0, 0.1) is 0 Å². The van der Waals surface area contributed by atoms with E-state index in [-0.39, 0.29) is 5.75 Å². The monoisotopic (exact) mass is 286 g/mol. The van der Waals surface area contributed by atoms with Gasteiger partial charge in [0.25, 0.3) is 10.1 Å². The zero-order valence-corrected chi connectivity index (χ0v) is 11.2. The Balaban J connectivity index is 2.26. The maximum absolute atomic E-state index is 10.4. The van der Waals surface area contributed by atoms with Crippen molar-refractivity contribution in [2.75, 3.05) is 17.8 Å². The number of rotatable bonds is 6. The second kappa shape index (κ2) is 6.04. The van der Waals surface area contributed by atoms with Crippen LogP contribution in [-0.4, -0.2) is 40.9 Å². The number of nitrogens with zero attached hydrogens (tertiary/aromatic N) is 2. The molecule has 0 aliphatic rings. The van der Waals surface area contributed by atoms with Gasteiger partial charge in [-0.25, -0.2) is 0 Å². The van der Waals surface area contributed by atoms with Crippen LogP contribution in [0.5, 0.6) is 0 Å². The van der Waals surface area contributed by atoms with Gasteiger partial charge in [0.2, 0.25) is 0 Å². The summed E-state index contributed by atoms with van der Waals surface area (Å²) in [6, 6.07) is 0. The van der Waals surface area contributed by atoms with E-state index in [0.717, 1.165) is 8.68 Å². The Morgan fingerprint density at radius 3 is 2.60 bits per heavy atom. The zero-order chi connectivity index (χ0) is 11.3. The molecule has 5 nitrogen and oxygen atoms in total. The van der Waals surface area contributed by atoms with Gasteiger partial charge < -0.3 is 0 Å². The van der Waals surface area contributed by atoms with Gasteiger partial charge in [-0.3, -0.25) is 4.55 Å². The fourth-order valence-corrected chi connectivity index (χ4v) is 3.88. The lowest BCUT2D eigenvalue weighted by Gasteiger charge is -1.95. The molecule has 9 heteroatoms. The standard InChI is InChI=1S/C6H10N2O3S4/c1-12-5-7-8-6(14-5)13-3-2-4-15(9,10)11/h2-4H2,1H3,(H,9,10,11). The summed E-state index contributed by atoms with van der Waals surface area (Å²) in [4.78, 5) is 0. The maximum atomic E-state index is 10.4. The lowest BCUT2D eigenvalue weighted by Crippen LogP contribution is -2.04. The van der Waals surface area contributed by atoms with E-state index in [2.05, 4.69) is 10.2 Å². The molecule has 0 fully saturated rings. The third-order valence-electron chi connectivity index (χ3n) is 1.33. The van der Waals surface area contributed by atoms with Gasteiger partial charge in [-0.05, 0) is 12.7 Å². The van der Waals surface area contributed by atoms with Crippen LogP contribution in [0.1, 0.15) is 6.42 Å². The van der Waals surface area contributed by atoms with E-state index < -0.39 is 10.1 Å². The van der Waals surface area contributed by atoms with Crippen molar-refractivity contribution < 1.29 is 13.0 Å². The number of thioether (sulfide) groups is 2. The second-order valence-corrected chi connectivity index (χ2v) is 7.47. The fraction of sp³-hybridized carbons (Fsp3) is 0.667. The summed E-state index contributed by atoms with van der Waals surface area (Å²) in [6.07, 6.45) is 2.34. The molecule has 0 aliphatic heterocycles. The summed E-state index contributed by atoms with van der Waals surface area (Å²) >= 11 is 4.46. The van der Waals surface area contributed by atoms with Crippen molar-refractivity contribution in [3.63, 3.8) is 0 Å². The van der Waals surface area contributed by atoms with E-state index in [0.29, 0.717) is 12.2 Å². The highest BCUT2D eigenvalue weighted by Gasteiger charge is 2.06. The van der Waals surface area contributed by atoms with Crippen LogP contribution in [-0.2, 0) is 10.1 Å². The molecule has 1 heterocycles. The third-order valence-corrected chi connectivity index (χ3v) is 5.26. The van der Waals surface area contributed by atoms with Crippen LogP contribution in [0.3, 0.4) is 0 Å². The Kier molecular flexibility index (Phi) is 5.33. The molecule has 1 rings (SSSR count). The zero-order valence-electron chi connectivity index (χ0n) is 7.91. The minimum atomic E-state index is -3.83. The molecule has 0 saturated heterocycles. The van der Waals surface area contributed by atoms with E-state index in [1.807, 2.05) is 6.26 Å². The first-order valence-corrected chi connectivity index (χ1v) is 8.60. The van der Waals surface area contributed by atoms with Crippen molar-refractivity contribution >= 4 is 45.0 Å². The van der Waals surface area contributed by atoms with E-state index >= 15 is 0 Å². The largest absolute Gasteiger partial charge is 0.286 e. The topological polar surface area (TPSA) is 80.2 Å². The summed E-state index contributed by atoms with van der Waals surface area (Å²) in [5.74, 6) is 0.414. The molecular weight excluding hydrogens is 276 g/mol. The Bertz CT molecular complexity index is 402. The molecular formula is C6H10N2O3S4. The molecule has 0 aliphatic carbocycles. The molecule has 0 aromatic carbocycles. The fourth-order valence-electron chi connectivity index (χ4n) is 0.739. The van der Waals surface area contributed by atoms with Crippen molar-refractivity contribution in [3.05, 3.63) is 0 Å². The van der Waals surface area contributed by atoms with Crippen LogP contribution in [0.25, 0.3) is 0 Å². The smallest absolute Gasteiger partial charge is 0.264 e. The summed E-state index contributed by atoms with van der Waals surface area (Å²) in [7, 11) is -3.83. The Morgan fingerprint density at radius 1 is 1.40 bits per heavy atom. The van der Waals surface area contributed by atoms with Crippen LogP contribution in [0.4, 0.5) is 0 Å². The molecule has 0 unspecified atom stereocenters. The van der Waals surface area contributed by atoms with Gasteiger partial charge in [0.1, 0.15) is 0 Å².